The summed E-state index contributed by atoms with van der Waals surface area (Å²) in [6, 6.07) is 0. The highest BCUT2D eigenvalue weighted by Gasteiger charge is 2.04. The summed E-state index contributed by atoms with van der Waals surface area (Å²) in [4.78, 5) is 25.7. The minimum Gasteiger partial charge on any atom is -0.354 e. The van der Waals surface area contributed by atoms with Crippen LogP contribution in [-0.4, -0.2) is 41.6 Å². The molecule has 8 nitrogen and oxygen atoms in total. The number of hydrogen-bond acceptors (Lipinski definition) is 6. The lowest BCUT2D eigenvalue weighted by Crippen LogP contribution is -2.40. The number of amides is 2. The van der Waals surface area contributed by atoms with E-state index in [0.717, 1.165) is 0 Å². The number of carbonyl (C=O) groups excluding carboxylic acids is 2. The fourth-order valence-electron chi connectivity index (χ4n) is 0.929. The van der Waals surface area contributed by atoms with Crippen LogP contribution < -0.4 is 16.4 Å². The van der Waals surface area contributed by atoms with Gasteiger partial charge in [-0.1, -0.05) is 5.16 Å². The Morgan fingerprint density at radius 3 is 2.81 bits per heavy atom. The highest BCUT2D eigenvalue weighted by Crippen LogP contribution is 1.89. The summed E-state index contributed by atoms with van der Waals surface area (Å²) in [6.07, 6.45) is 1.75. The number of hydrogen-bond donors (Lipinski definition) is 3. The van der Waals surface area contributed by atoms with Crippen molar-refractivity contribution in [3.63, 3.8) is 0 Å². The largest absolute Gasteiger partial charge is 0.354 e. The van der Waals surface area contributed by atoms with E-state index in [4.69, 9.17) is 10.3 Å². The van der Waals surface area contributed by atoms with E-state index >= 15 is 0 Å². The molecule has 1 heterocycles. The monoisotopic (exact) mass is 227 g/mol. The maximum atomic E-state index is 11.2. The summed E-state index contributed by atoms with van der Waals surface area (Å²) in [6.45, 7) is 0.161. The molecule has 88 valence electrons. The number of carbonyl (C=O) groups is 2. The van der Waals surface area contributed by atoms with Gasteiger partial charge >= 0.3 is 0 Å². The Morgan fingerprint density at radius 1 is 1.38 bits per heavy atom. The van der Waals surface area contributed by atoms with Gasteiger partial charge < -0.3 is 20.9 Å². The Balaban J connectivity index is 2.09. The fraction of sp³-hybridized carbons (Fsp3) is 0.500. The molecule has 0 aromatic carbocycles. The predicted octanol–water partition coefficient (Wildman–Crippen LogP) is -2.20. The number of nitrogens with zero attached hydrogens (tertiary/aromatic N) is 2. The molecule has 4 N–H and O–H groups in total. The van der Waals surface area contributed by atoms with E-state index in [0.29, 0.717) is 18.9 Å². The van der Waals surface area contributed by atoms with Crippen molar-refractivity contribution in [3.05, 3.63) is 12.2 Å². The van der Waals surface area contributed by atoms with E-state index in [-0.39, 0.29) is 24.9 Å². The minimum absolute atomic E-state index is 0.0835. The molecule has 0 saturated heterocycles. The molecule has 8 heteroatoms. The third kappa shape index (κ3) is 4.51. The second kappa shape index (κ2) is 6.51. The molecule has 0 atom stereocenters. The first-order chi connectivity index (χ1) is 7.72. The van der Waals surface area contributed by atoms with Crippen molar-refractivity contribution >= 4 is 11.8 Å². The molecule has 2 amide bonds. The van der Waals surface area contributed by atoms with Gasteiger partial charge in [0.15, 0.2) is 6.33 Å². The van der Waals surface area contributed by atoms with Crippen LogP contribution in [0.3, 0.4) is 0 Å². The van der Waals surface area contributed by atoms with E-state index in [1.165, 1.54) is 6.33 Å². The van der Waals surface area contributed by atoms with Crippen molar-refractivity contribution in [2.24, 2.45) is 5.73 Å². The lowest BCUT2D eigenvalue weighted by atomic mass is 10.4. The molecule has 0 saturated carbocycles. The molecule has 0 spiro atoms. The average molecular weight is 227 g/mol. The van der Waals surface area contributed by atoms with Gasteiger partial charge in [0, 0.05) is 13.0 Å². The SMILES string of the molecule is NCC(=O)NCC(=O)NCCc1ncno1. The van der Waals surface area contributed by atoms with E-state index in [1.807, 2.05) is 0 Å². The molecule has 0 aliphatic heterocycles. The van der Waals surface area contributed by atoms with E-state index < -0.39 is 0 Å². The summed E-state index contributed by atoms with van der Waals surface area (Å²) in [5, 5.41) is 8.35. The zero-order valence-corrected chi connectivity index (χ0v) is 8.60. The highest BCUT2D eigenvalue weighted by atomic mass is 16.5. The zero-order valence-electron chi connectivity index (χ0n) is 8.60. The van der Waals surface area contributed by atoms with Crippen LogP contribution in [0.2, 0.25) is 0 Å². The quantitative estimate of drug-likeness (QED) is 0.507. The molecular weight excluding hydrogens is 214 g/mol. The van der Waals surface area contributed by atoms with Crippen molar-refractivity contribution in [2.45, 2.75) is 6.42 Å². The Kier molecular flexibility index (Phi) is 4.93. The van der Waals surface area contributed by atoms with E-state index in [1.54, 1.807) is 0 Å². The Bertz CT molecular complexity index is 337. The topological polar surface area (TPSA) is 123 Å². The van der Waals surface area contributed by atoms with Crippen molar-refractivity contribution in [1.29, 1.82) is 0 Å². The predicted molar refractivity (Wildman–Crippen MR) is 53.1 cm³/mol. The normalized spacial score (nSPS) is 9.81. The van der Waals surface area contributed by atoms with Gasteiger partial charge in [-0.3, -0.25) is 9.59 Å². The Morgan fingerprint density at radius 2 is 2.19 bits per heavy atom. The van der Waals surface area contributed by atoms with Crippen molar-refractivity contribution in [2.75, 3.05) is 19.6 Å². The summed E-state index contributed by atoms with van der Waals surface area (Å²) in [5.74, 6) is -0.209. The highest BCUT2D eigenvalue weighted by molar-refractivity contribution is 5.85. The second-order valence-electron chi connectivity index (χ2n) is 2.92. The van der Waals surface area contributed by atoms with Crippen LogP contribution in [0, 0.1) is 0 Å². The zero-order chi connectivity index (χ0) is 11.8. The van der Waals surface area contributed by atoms with Crippen LogP contribution >= 0.6 is 0 Å². The van der Waals surface area contributed by atoms with Crippen LogP contribution in [0.15, 0.2) is 10.9 Å². The molecule has 16 heavy (non-hydrogen) atoms. The van der Waals surface area contributed by atoms with Gasteiger partial charge in [0.2, 0.25) is 17.7 Å². The smallest absolute Gasteiger partial charge is 0.239 e. The first-order valence-corrected chi connectivity index (χ1v) is 4.71. The molecule has 0 unspecified atom stereocenters. The van der Waals surface area contributed by atoms with Crippen LogP contribution in [0.25, 0.3) is 0 Å². The molecule has 0 bridgehead atoms. The maximum Gasteiger partial charge on any atom is 0.239 e. The maximum absolute atomic E-state index is 11.2. The molecule has 0 radical (unpaired) electrons. The van der Waals surface area contributed by atoms with Crippen LogP contribution in [0.4, 0.5) is 0 Å². The number of rotatable bonds is 6. The summed E-state index contributed by atoms with van der Waals surface area (Å²) in [5.41, 5.74) is 5.05. The van der Waals surface area contributed by atoms with Crippen LogP contribution in [0.5, 0.6) is 0 Å². The van der Waals surface area contributed by atoms with Gasteiger partial charge in [0.25, 0.3) is 0 Å². The number of aromatic nitrogens is 2. The molecule has 1 aromatic rings. The van der Waals surface area contributed by atoms with Gasteiger partial charge in [0.05, 0.1) is 13.1 Å². The first kappa shape index (κ1) is 12.1. The van der Waals surface area contributed by atoms with E-state index in [2.05, 4.69) is 20.8 Å². The van der Waals surface area contributed by atoms with Crippen molar-refractivity contribution < 1.29 is 14.1 Å². The standard InChI is InChI=1S/C8H13N5O3/c9-3-6(14)11-4-7(15)10-2-1-8-12-5-13-16-8/h5H,1-4,9H2,(H,10,15)(H,11,14). The van der Waals surface area contributed by atoms with E-state index in [9.17, 15) is 9.59 Å². The Hall–Kier alpha value is -1.96. The third-order valence-corrected chi connectivity index (χ3v) is 1.70. The first-order valence-electron chi connectivity index (χ1n) is 4.71. The molecule has 1 aromatic heterocycles. The van der Waals surface area contributed by atoms with Crippen LogP contribution in [0.1, 0.15) is 5.89 Å². The van der Waals surface area contributed by atoms with Gasteiger partial charge in [0.1, 0.15) is 0 Å². The fourth-order valence-corrected chi connectivity index (χ4v) is 0.929. The number of nitrogens with one attached hydrogen (secondary N) is 2. The Labute approximate surface area is 91.6 Å². The molecular formula is C8H13N5O3. The second-order valence-corrected chi connectivity index (χ2v) is 2.92. The van der Waals surface area contributed by atoms with Crippen molar-refractivity contribution in [3.8, 4) is 0 Å². The van der Waals surface area contributed by atoms with Gasteiger partial charge in [-0.2, -0.15) is 4.98 Å². The third-order valence-electron chi connectivity index (χ3n) is 1.70. The number of nitrogens with two attached hydrogens (primary N) is 1. The van der Waals surface area contributed by atoms with Crippen molar-refractivity contribution in [1.82, 2.24) is 20.8 Å². The van der Waals surface area contributed by atoms with Crippen LogP contribution in [-0.2, 0) is 16.0 Å². The summed E-state index contributed by atoms with van der Waals surface area (Å²) >= 11 is 0. The molecule has 0 aliphatic rings. The lowest BCUT2D eigenvalue weighted by Gasteiger charge is -2.04. The van der Waals surface area contributed by atoms with Gasteiger partial charge in [-0.25, -0.2) is 0 Å². The van der Waals surface area contributed by atoms with Gasteiger partial charge in [-0.15, -0.1) is 0 Å². The molecule has 0 aliphatic carbocycles. The lowest BCUT2D eigenvalue weighted by molar-refractivity contribution is -0.125. The minimum atomic E-state index is -0.368. The molecule has 0 fully saturated rings. The average Bonchev–Trinajstić information content (AvgIpc) is 2.79. The summed E-state index contributed by atoms with van der Waals surface area (Å²) in [7, 11) is 0. The van der Waals surface area contributed by atoms with Gasteiger partial charge in [-0.05, 0) is 0 Å². The summed E-state index contributed by atoms with van der Waals surface area (Å²) < 4.78 is 4.73. The molecule has 1 rings (SSSR count).